The highest BCUT2D eigenvalue weighted by Crippen LogP contribution is 2.43. The van der Waals surface area contributed by atoms with Crippen molar-refractivity contribution >= 4 is 11.9 Å². The van der Waals surface area contributed by atoms with Crippen LogP contribution in [0.15, 0.2) is 0 Å². The Labute approximate surface area is 101 Å². The molecule has 0 aromatic carbocycles. The van der Waals surface area contributed by atoms with Crippen LogP contribution in [0.1, 0.15) is 38.5 Å². The van der Waals surface area contributed by atoms with Gasteiger partial charge in [-0.2, -0.15) is 0 Å². The predicted molar refractivity (Wildman–Crippen MR) is 62.3 cm³/mol. The van der Waals surface area contributed by atoms with Gasteiger partial charge in [-0.1, -0.05) is 6.42 Å². The molecule has 1 atom stereocenters. The Morgan fingerprint density at radius 1 is 1.35 bits per heavy atom. The fourth-order valence-corrected chi connectivity index (χ4v) is 2.87. The zero-order chi connectivity index (χ0) is 12.5. The normalized spacial score (nSPS) is 26.6. The van der Waals surface area contributed by atoms with E-state index >= 15 is 0 Å². The maximum atomic E-state index is 12.1. The van der Waals surface area contributed by atoms with E-state index in [1.807, 2.05) is 0 Å². The second-order valence-electron chi connectivity index (χ2n) is 5.32. The first-order chi connectivity index (χ1) is 8.08. The predicted octanol–water partition coefficient (Wildman–Crippen LogP) is 0.581. The molecular formula is C12H20N2O3. The molecule has 0 spiro atoms. The van der Waals surface area contributed by atoms with Crippen molar-refractivity contribution < 1.29 is 14.7 Å². The number of carboxylic acid groups (broad SMARTS) is 1. The van der Waals surface area contributed by atoms with E-state index in [1.54, 1.807) is 0 Å². The summed E-state index contributed by atoms with van der Waals surface area (Å²) < 4.78 is 0. The molecule has 5 nitrogen and oxygen atoms in total. The lowest BCUT2D eigenvalue weighted by Crippen LogP contribution is -2.46. The SMILES string of the molecule is NCC1(CC(=O)N2CCCC2C(=O)O)CCC1. The molecule has 17 heavy (non-hydrogen) atoms. The maximum Gasteiger partial charge on any atom is 0.326 e. The molecule has 3 N–H and O–H groups in total. The van der Waals surface area contributed by atoms with Crippen LogP contribution >= 0.6 is 0 Å². The minimum absolute atomic E-state index is 0.0277. The van der Waals surface area contributed by atoms with E-state index in [-0.39, 0.29) is 11.3 Å². The molecule has 1 saturated carbocycles. The Morgan fingerprint density at radius 2 is 2.06 bits per heavy atom. The van der Waals surface area contributed by atoms with Crippen LogP contribution in [0.4, 0.5) is 0 Å². The van der Waals surface area contributed by atoms with Gasteiger partial charge in [-0.05, 0) is 37.6 Å². The summed E-state index contributed by atoms with van der Waals surface area (Å²) in [6.45, 7) is 1.11. The average Bonchev–Trinajstić information content (AvgIpc) is 2.72. The van der Waals surface area contributed by atoms with E-state index in [0.29, 0.717) is 25.9 Å². The van der Waals surface area contributed by atoms with Crippen LogP contribution in [0, 0.1) is 5.41 Å². The Balaban J connectivity index is 1.97. The minimum Gasteiger partial charge on any atom is -0.480 e. The zero-order valence-corrected chi connectivity index (χ0v) is 10.0. The molecule has 1 heterocycles. The third-order valence-corrected chi connectivity index (χ3v) is 4.23. The first-order valence-electron chi connectivity index (χ1n) is 6.30. The summed E-state index contributed by atoms with van der Waals surface area (Å²) in [5.74, 6) is -0.911. The molecule has 1 aliphatic carbocycles. The quantitative estimate of drug-likeness (QED) is 0.753. The number of hydrogen-bond acceptors (Lipinski definition) is 3. The number of likely N-dealkylation sites (tertiary alicyclic amines) is 1. The number of amides is 1. The summed E-state index contributed by atoms with van der Waals surface area (Å²) in [5, 5.41) is 9.04. The molecule has 1 amide bonds. The van der Waals surface area contributed by atoms with Crippen LogP contribution in [0.5, 0.6) is 0 Å². The van der Waals surface area contributed by atoms with Gasteiger partial charge in [0.15, 0.2) is 0 Å². The highest BCUT2D eigenvalue weighted by Gasteiger charge is 2.41. The van der Waals surface area contributed by atoms with Gasteiger partial charge >= 0.3 is 5.97 Å². The van der Waals surface area contributed by atoms with Gasteiger partial charge in [0, 0.05) is 13.0 Å². The Bertz CT molecular complexity index is 320. The largest absolute Gasteiger partial charge is 0.480 e. The molecule has 2 rings (SSSR count). The molecule has 2 aliphatic rings. The summed E-state index contributed by atoms with van der Waals surface area (Å²) in [6.07, 6.45) is 4.93. The molecule has 1 unspecified atom stereocenters. The lowest BCUT2D eigenvalue weighted by molar-refractivity contribution is -0.149. The standard InChI is InChI=1S/C12H20N2O3/c13-8-12(4-2-5-12)7-10(15)14-6-1-3-9(14)11(16)17/h9H,1-8,13H2,(H,16,17). The number of carboxylic acids is 1. The molecular weight excluding hydrogens is 220 g/mol. The lowest BCUT2D eigenvalue weighted by Gasteiger charge is -2.41. The molecule has 2 fully saturated rings. The van der Waals surface area contributed by atoms with Crippen molar-refractivity contribution in [1.82, 2.24) is 4.90 Å². The average molecular weight is 240 g/mol. The van der Waals surface area contributed by atoms with Gasteiger partial charge in [-0.15, -0.1) is 0 Å². The Hall–Kier alpha value is -1.10. The second kappa shape index (κ2) is 4.64. The monoisotopic (exact) mass is 240 g/mol. The third kappa shape index (κ3) is 2.29. The van der Waals surface area contributed by atoms with Crippen LogP contribution < -0.4 is 5.73 Å². The van der Waals surface area contributed by atoms with Crippen molar-refractivity contribution in [2.75, 3.05) is 13.1 Å². The number of carbonyl (C=O) groups excluding carboxylic acids is 1. The van der Waals surface area contributed by atoms with E-state index in [0.717, 1.165) is 25.7 Å². The summed E-state index contributed by atoms with van der Waals surface area (Å²) in [6, 6.07) is -0.614. The lowest BCUT2D eigenvalue weighted by atomic mass is 9.66. The highest BCUT2D eigenvalue weighted by atomic mass is 16.4. The summed E-state index contributed by atoms with van der Waals surface area (Å²) in [4.78, 5) is 24.7. The van der Waals surface area contributed by atoms with Crippen LogP contribution in [-0.4, -0.2) is 41.0 Å². The highest BCUT2D eigenvalue weighted by molar-refractivity contribution is 5.84. The molecule has 1 saturated heterocycles. The first kappa shape index (κ1) is 12.4. The first-order valence-corrected chi connectivity index (χ1v) is 6.30. The van der Waals surface area contributed by atoms with E-state index in [1.165, 1.54) is 4.90 Å². The molecule has 0 aromatic rings. The second-order valence-corrected chi connectivity index (χ2v) is 5.32. The number of hydrogen-bond donors (Lipinski definition) is 2. The minimum atomic E-state index is -0.883. The van der Waals surface area contributed by atoms with Gasteiger partial charge < -0.3 is 15.7 Å². The van der Waals surface area contributed by atoms with Crippen molar-refractivity contribution in [3.8, 4) is 0 Å². The van der Waals surface area contributed by atoms with Gasteiger partial charge in [0.2, 0.25) is 5.91 Å². The fraction of sp³-hybridized carbons (Fsp3) is 0.833. The molecule has 5 heteroatoms. The van der Waals surface area contributed by atoms with Crippen LogP contribution in [0.2, 0.25) is 0 Å². The van der Waals surface area contributed by atoms with Gasteiger partial charge in [0.05, 0.1) is 0 Å². The number of nitrogens with zero attached hydrogens (tertiary/aromatic N) is 1. The van der Waals surface area contributed by atoms with Gasteiger partial charge in [0.1, 0.15) is 6.04 Å². The number of nitrogens with two attached hydrogens (primary N) is 1. The molecule has 0 radical (unpaired) electrons. The molecule has 1 aliphatic heterocycles. The van der Waals surface area contributed by atoms with Gasteiger partial charge in [-0.25, -0.2) is 4.79 Å². The molecule has 0 bridgehead atoms. The Kier molecular flexibility index (Phi) is 3.38. The zero-order valence-electron chi connectivity index (χ0n) is 10.0. The van der Waals surface area contributed by atoms with Crippen molar-refractivity contribution in [2.24, 2.45) is 11.1 Å². The van der Waals surface area contributed by atoms with Crippen molar-refractivity contribution in [2.45, 2.75) is 44.6 Å². The molecule has 0 aromatic heterocycles. The number of carbonyl (C=O) groups is 2. The van der Waals surface area contributed by atoms with Crippen molar-refractivity contribution in [3.63, 3.8) is 0 Å². The summed E-state index contributed by atoms with van der Waals surface area (Å²) in [7, 11) is 0. The third-order valence-electron chi connectivity index (χ3n) is 4.23. The smallest absolute Gasteiger partial charge is 0.326 e. The van der Waals surface area contributed by atoms with E-state index in [2.05, 4.69) is 0 Å². The Morgan fingerprint density at radius 3 is 2.53 bits per heavy atom. The molecule has 96 valence electrons. The van der Waals surface area contributed by atoms with Crippen LogP contribution in [0.3, 0.4) is 0 Å². The van der Waals surface area contributed by atoms with E-state index < -0.39 is 12.0 Å². The fourth-order valence-electron chi connectivity index (χ4n) is 2.87. The van der Waals surface area contributed by atoms with Crippen molar-refractivity contribution in [1.29, 1.82) is 0 Å². The van der Waals surface area contributed by atoms with Crippen LogP contribution in [-0.2, 0) is 9.59 Å². The number of aliphatic carboxylic acids is 1. The van der Waals surface area contributed by atoms with Gasteiger partial charge in [0.25, 0.3) is 0 Å². The number of rotatable bonds is 4. The van der Waals surface area contributed by atoms with E-state index in [4.69, 9.17) is 10.8 Å². The van der Waals surface area contributed by atoms with Crippen molar-refractivity contribution in [3.05, 3.63) is 0 Å². The van der Waals surface area contributed by atoms with Crippen LogP contribution in [0.25, 0.3) is 0 Å². The van der Waals surface area contributed by atoms with E-state index in [9.17, 15) is 9.59 Å². The topological polar surface area (TPSA) is 83.6 Å². The summed E-state index contributed by atoms with van der Waals surface area (Å²) in [5.41, 5.74) is 5.68. The summed E-state index contributed by atoms with van der Waals surface area (Å²) >= 11 is 0. The van der Waals surface area contributed by atoms with Gasteiger partial charge in [-0.3, -0.25) is 4.79 Å². The maximum absolute atomic E-state index is 12.1.